The summed E-state index contributed by atoms with van der Waals surface area (Å²) in [6.45, 7) is 1.65. The summed E-state index contributed by atoms with van der Waals surface area (Å²) >= 11 is 11.8. The third kappa shape index (κ3) is 4.49. The lowest BCUT2D eigenvalue weighted by Gasteiger charge is -2.09. The molecule has 0 saturated heterocycles. The molecule has 3 aromatic rings. The molecular formula is C17H14Cl2N4O2. The monoisotopic (exact) mass is 376 g/mol. The second-order valence-corrected chi connectivity index (χ2v) is 6.08. The maximum Gasteiger partial charge on any atom is 0.262 e. The molecule has 0 spiro atoms. The van der Waals surface area contributed by atoms with Gasteiger partial charge in [0.1, 0.15) is 11.6 Å². The van der Waals surface area contributed by atoms with E-state index in [1.54, 1.807) is 30.3 Å². The fraction of sp³-hybridized carbons (Fsp3) is 0.118. The third-order valence-corrected chi connectivity index (χ3v) is 3.78. The smallest absolute Gasteiger partial charge is 0.262 e. The molecule has 0 radical (unpaired) electrons. The minimum Gasteiger partial charge on any atom is -0.482 e. The Morgan fingerprint density at radius 3 is 2.80 bits per heavy atom. The number of ether oxygens (including phenoxy) is 1. The summed E-state index contributed by atoms with van der Waals surface area (Å²) in [6, 6.07) is 12.0. The van der Waals surface area contributed by atoms with Gasteiger partial charge in [0, 0.05) is 16.3 Å². The Morgan fingerprint density at radius 1 is 1.24 bits per heavy atom. The number of hydrogen-bond acceptors (Lipinski definition) is 4. The molecule has 1 aromatic heterocycles. The maximum atomic E-state index is 12.1. The number of aryl methyl sites for hydroxylation is 1. The second kappa shape index (κ2) is 7.55. The van der Waals surface area contributed by atoms with E-state index in [1.807, 2.05) is 19.1 Å². The highest BCUT2D eigenvalue weighted by atomic mass is 35.5. The van der Waals surface area contributed by atoms with Crippen LogP contribution in [0.25, 0.3) is 11.4 Å². The average Bonchev–Trinajstić information content (AvgIpc) is 3.01. The lowest BCUT2D eigenvalue weighted by molar-refractivity contribution is -0.118. The normalized spacial score (nSPS) is 10.5. The Bertz CT molecular complexity index is 911. The Labute approximate surface area is 154 Å². The molecule has 0 saturated carbocycles. The number of nitrogens with zero attached hydrogens (tertiary/aromatic N) is 2. The summed E-state index contributed by atoms with van der Waals surface area (Å²) in [5.74, 6) is 1.37. The third-order valence-electron chi connectivity index (χ3n) is 3.25. The van der Waals surface area contributed by atoms with E-state index in [0.29, 0.717) is 27.3 Å². The molecule has 0 atom stereocenters. The molecule has 0 bridgehead atoms. The highest BCUT2D eigenvalue weighted by Crippen LogP contribution is 2.27. The van der Waals surface area contributed by atoms with Gasteiger partial charge in [0.25, 0.3) is 5.91 Å². The van der Waals surface area contributed by atoms with E-state index in [4.69, 9.17) is 27.9 Å². The van der Waals surface area contributed by atoms with Crippen molar-refractivity contribution in [2.45, 2.75) is 6.92 Å². The Kier molecular flexibility index (Phi) is 5.21. The van der Waals surface area contributed by atoms with Gasteiger partial charge in [-0.3, -0.25) is 9.89 Å². The molecule has 2 N–H and O–H groups in total. The van der Waals surface area contributed by atoms with E-state index < -0.39 is 0 Å². The fourth-order valence-electron chi connectivity index (χ4n) is 2.14. The zero-order valence-corrected chi connectivity index (χ0v) is 14.7. The van der Waals surface area contributed by atoms with Crippen LogP contribution in [-0.4, -0.2) is 27.7 Å². The van der Waals surface area contributed by atoms with E-state index in [2.05, 4.69) is 20.5 Å². The van der Waals surface area contributed by atoms with Crippen molar-refractivity contribution in [1.82, 2.24) is 15.2 Å². The number of rotatable bonds is 5. The van der Waals surface area contributed by atoms with E-state index in [9.17, 15) is 4.79 Å². The molecule has 25 heavy (non-hydrogen) atoms. The maximum absolute atomic E-state index is 12.1. The topological polar surface area (TPSA) is 79.9 Å². The van der Waals surface area contributed by atoms with Crippen molar-refractivity contribution >= 4 is 34.8 Å². The van der Waals surface area contributed by atoms with Crippen molar-refractivity contribution in [2.75, 3.05) is 11.9 Å². The highest BCUT2D eigenvalue weighted by Gasteiger charge is 2.09. The number of benzene rings is 2. The first kappa shape index (κ1) is 17.3. The number of aromatic nitrogens is 3. The van der Waals surface area contributed by atoms with Crippen LogP contribution in [0.3, 0.4) is 0 Å². The summed E-state index contributed by atoms with van der Waals surface area (Å²) in [7, 11) is 0. The average molecular weight is 377 g/mol. The molecule has 0 aliphatic heterocycles. The predicted octanol–water partition coefficient (Wildman–Crippen LogP) is 4.10. The van der Waals surface area contributed by atoms with Crippen LogP contribution in [0.5, 0.6) is 5.75 Å². The van der Waals surface area contributed by atoms with Crippen LogP contribution in [0, 0.1) is 6.92 Å². The van der Waals surface area contributed by atoms with Crippen molar-refractivity contribution < 1.29 is 9.53 Å². The SMILES string of the molecule is Cc1nc(-c2cccc(NC(=O)COc3ccc(Cl)cc3Cl)c2)n[nH]1. The number of H-pyrrole nitrogens is 1. The van der Waals surface area contributed by atoms with Gasteiger partial charge in [0.05, 0.1) is 5.02 Å². The second-order valence-electron chi connectivity index (χ2n) is 5.24. The van der Waals surface area contributed by atoms with Crippen LogP contribution in [0.15, 0.2) is 42.5 Å². The number of nitrogens with one attached hydrogen (secondary N) is 2. The highest BCUT2D eigenvalue weighted by molar-refractivity contribution is 6.35. The molecule has 0 fully saturated rings. The van der Waals surface area contributed by atoms with Crippen LogP contribution >= 0.6 is 23.2 Å². The first-order valence-corrected chi connectivity index (χ1v) is 8.14. The number of hydrogen-bond donors (Lipinski definition) is 2. The zero-order valence-electron chi connectivity index (χ0n) is 13.2. The molecule has 0 unspecified atom stereocenters. The van der Waals surface area contributed by atoms with Gasteiger partial charge in [0.15, 0.2) is 12.4 Å². The van der Waals surface area contributed by atoms with Crippen molar-refractivity contribution in [3.8, 4) is 17.1 Å². The number of anilines is 1. The number of amides is 1. The summed E-state index contributed by atoms with van der Waals surface area (Å²) < 4.78 is 5.41. The first-order valence-electron chi connectivity index (χ1n) is 7.38. The van der Waals surface area contributed by atoms with Crippen LogP contribution in [-0.2, 0) is 4.79 Å². The van der Waals surface area contributed by atoms with Gasteiger partial charge < -0.3 is 10.1 Å². The number of halogens is 2. The van der Waals surface area contributed by atoms with Crippen LogP contribution in [0.1, 0.15) is 5.82 Å². The van der Waals surface area contributed by atoms with Gasteiger partial charge in [-0.05, 0) is 37.3 Å². The molecule has 1 heterocycles. The van der Waals surface area contributed by atoms with Crippen molar-refractivity contribution in [3.63, 3.8) is 0 Å². The summed E-state index contributed by atoms with van der Waals surface area (Å²) in [5.41, 5.74) is 1.42. The van der Waals surface area contributed by atoms with E-state index in [1.165, 1.54) is 0 Å². The van der Waals surface area contributed by atoms with Gasteiger partial charge in [-0.15, -0.1) is 0 Å². The zero-order chi connectivity index (χ0) is 17.8. The minimum absolute atomic E-state index is 0.175. The fourth-order valence-corrected chi connectivity index (χ4v) is 2.60. The predicted molar refractivity (Wildman–Crippen MR) is 97.1 cm³/mol. The van der Waals surface area contributed by atoms with Gasteiger partial charge in [-0.2, -0.15) is 5.10 Å². The van der Waals surface area contributed by atoms with Crippen LogP contribution in [0.4, 0.5) is 5.69 Å². The molecule has 0 aliphatic rings. The molecule has 128 valence electrons. The van der Waals surface area contributed by atoms with E-state index in [-0.39, 0.29) is 12.5 Å². The summed E-state index contributed by atoms with van der Waals surface area (Å²) in [4.78, 5) is 16.3. The van der Waals surface area contributed by atoms with Gasteiger partial charge >= 0.3 is 0 Å². The first-order chi connectivity index (χ1) is 12.0. The Balaban J connectivity index is 1.63. The van der Waals surface area contributed by atoms with Crippen molar-refractivity contribution in [2.24, 2.45) is 0 Å². The van der Waals surface area contributed by atoms with Crippen molar-refractivity contribution in [1.29, 1.82) is 0 Å². The summed E-state index contributed by atoms with van der Waals surface area (Å²) in [5, 5.41) is 10.5. The standard InChI is InChI=1S/C17H14Cl2N4O2/c1-10-20-17(23-22-10)11-3-2-4-13(7-11)21-16(24)9-25-15-6-5-12(18)8-14(15)19/h2-8H,9H2,1H3,(H,21,24)(H,20,22,23). The molecule has 1 amide bonds. The molecule has 3 rings (SSSR count). The Morgan fingerprint density at radius 2 is 2.08 bits per heavy atom. The molecule has 0 aliphatic carbocycles. The van der Waals surface area contributed by atoms with Crippen LogP contribution < -0.4 is 10.1 Å². The lowest BCUT2D eigenvalue weighted by atomic mass is 10.2. The van der Waals surface area contributed by atoms with Gasteiger partial charge in [-0.25, -0.2) is 4.98 Å². The largest absolute Gasteiger partial charge is 0.482 e. The number of carbonyl (C=O) groups excluding carboxylic acids is 1. The molecule has 2 aromatic carbocycles. The van der Waals surface area contributed by atoms with Gasteiger partial charge in [0.2, 0.25) is 0 Å². The number of aromatic amines is 1. The number of carbonyl (C=O) groups is 1. The molecule has 6 nitrogen and oxygen atoms in total. The summed E-state index contributed by atoms with van der Waals surface area (Å²) in [6.07, 6.45) is 0. The molecule has 8 heteroatoms. The van der Waals surface area contributed by atoms with Gasteiger partial charge in [-0.1, -0.05) is 35.3 Å². The van der Waals surface area contributed by atoms with E-state index >= 15 is 0 Å². The van der Waals surface area contributed by atoms with Crippen LogP contribution in [0.2, 0.25) is 10.0 Å². The lowest BCUT2D eigenvalue weighted by Crippen LogP contribution is -2.20. The van der Waals surface area contributed by atoms with Crippen molar-refractivity contribution in [3.05, 3.63) is 58.3 Å². The Hall–Kier alpha value is -2.57. The minimum atomic E-state index is -0.311. The van der Waals surface area contributed by atoms with E-state index in [0.717, 1.165) is 11.4 Å². The molecular weight excluding hydrogens is 363 g/mol. The quantitative estimate of drug-likeness (QED) is 0.702.